The van der Waals surface area contributed by atoms with Crippen molar-refractivity contribution in [2.75, 3.05) is 40.5 Å². The SMILES string of the molecule is COCCCCC(=O)NCC(CNC(=O)CCCCO)OC. The average molecular weight is 318 g/mol. The van der Waals surface area contributed by atoms with E-state index in [4.69, 9.17) is 14.6 Å². The molecular formula is C15H30N2O5. The van der Waals surface area contributed by atoms with Gasteiger partial charge in [-0.3, -0.25) is 9.59 Å². The zero-order chi connectivity index (χ0) is 16.6. The molecule has 0 heterocycles. The summed E-state index contributed by atoms with van der Waals surface area (Å²) in [7, 11) is 3.19. The number of aliphatic hydroxyl groups excluding tert-OH is 1. The molecule has 0 saturated heterocycles. The lowest BCUT2D eigenvalue weighted by atomic mass is 10.2. The molecule has 0 radical (unpaired) electrons. The minimum Gasteiger partial charge on any atom is -0.396 e. The molecule has 0 spiro atoms. The number of unbranched alkanes of at least 4 members (excludes halogenated alkanes) is 2. The number of carbonyl (C=O) groups excluding carboxylic acids is 2. The number of methoxy groups -OCH3 is 2. The lowest BCUT2D eigenvalue weighted by Crippen LogP contribution is -2.41. The number of ether oxygens (including phenoxy) is 2. The second kappa shape index (κ2) is 14.7. The van der Waals surface area contributed by atoms with E-state index in [-0.39, 0.29) is 24.5 Å². The average Bonchev–Trinajstić information content (AvgIpc) is 2.52. The Morgan fingerprint density at radius 1 is 0.955 bits per heavy atom. The third kappa shape index (κ3) is 12.6. The zero-order valence-electron chi connectivity index (χ0n) is 13.7. The number of nitrogens with one attached hydrogen (secondary N) is 2. The molecular weight excluding hydrogens is 288 g/mol. The summed E-state index contributed by atoms with van der Waals surface area (Å²) in [6.07, 6.45) is 3.56. The molecule has 0 aliphatic carbocycles. The topological polar surface area (TPSA) is 96.9 Å². The van der Waals surface area contributed by atoms with Gasteiger partial charge in [0, 0.05) is 53.4 Å². The molecule has 1 unspecified atom stereocenters. The smallest absolute Gasteiger partial charge is 0.220 e. The third-order valence-corrected chi connectivity index (χ3v) is 3.20. The molecule has 0 rings (SSSR count). The van der Waals surface area contributed by atoms with Crippen molar-refractivity contribution in [3.05, 3.63) is 0 Å². The third-order valence-electron chi connectivity index (χ3n) is 3.20. The van der Waals surface area contributed by atoms with Crippen LogP contribution in [0.3, 0.4) is 0 Å². The van der Waals surface area contributed by atoms with Crippen LogP contribution in [-0.4, -0.2) is 63.5 Å². The number of rotatable bonds is 14. The quantitative estimate of drug-likeness (QED) is 0.398. The molecule has 1 atom stereocenters. The molecule has 0 aromatic carbocycles. The van der Waals surface area contributed by atoms with Crippen molar-refractivity contribution in [1.29, 1.82) is 0 Å². The number of hydrogen-bond acceptors (Lipinski definition) is 5. The Kier molecular flexibility index (Phi) is 14.0. The van der Waals surface area contributed by atoms with E-state index >= 15 is 0 Å². The van der Waals surface area contributed by atoms with Crippen LogP contribution in [0.5, 0.6) is 0 Å². The van der Waals surface area contributed by atoms with Crippen LogP contribution < -0.4 is 10.6 Å². The summed E-state index contributed by atoms with van der Waals surface area (Å²) in [5.41, 5.74) is 0. The van der Waals surface area contributed by atoms with Crippen molar-refractivity contribution < 1.29 is 24.2 Å². The molecule has 7 nitrogen and oxygen atoms in total. The summed E-state index contributed by atoms with van der Waals surface area (Å²) < 4.78 is 10.2. The zero-order valence-corrected chi connectivity index (χ0v) is 13.7. The van der Waals surface area contributed by atoms with Crippen LogP contribution in [0.2, 0.25) is 0 Å². The lowest BCUT2D eigenvalue weighted by Gasteiger charge is -2.17. The molecule has 0 aliphatic heterocycles. The van der Waals surface area contributed by atoms with E-state index in [2.05, 4.69) is 10.6 Å². The number of amides is 2. The molecule has 3 N–H and O–H groups in total. The van der Waals surface area contributed by atoms with Gasteiger partial charge in [-0.25, -0.2) is 0 Å². The molecule has 0 aromatic rings. The number of carbonyl (C=O) groups is 2. The van der Waals surface area contributed by atoms with Gasteiger partial charge in [0.25, 0.3) is 0 Å². The summed E-state index contributed by atoms with van der Waals surface area (Å²) >= 11 is 0. The fraction of sp³-hybridized carbons (Fsp3) is 0.867. The highest BCUT2D eigenvalue weighted by Gasteiger charge is 2.11. The monoisotopic (exact) mass is 318 g/mol. The molecule has 0 bridgehead atoms. The molecule has 0 saturated carbocycles. The Morgan fingerprint density at radius 2 is 1.50 bits per heavy atom. The van der Waals surface area contributed by atoms with Crippen molar-refractivity contribution in [3.63, 3.8) is 0 Å². The van der Waals surface area contributed by atoms with Gasteiger partial charge in [0.15, 0.2) is 0 Å². The Labute approximate surface area is 132 Å². The van der Waals surface area contributed by atoms with Crippen LogP contribution in [0.15, 0.2) is 0 Å². The predicted octanol–water partition coefficient (Wildman–Crippen LogP) is 0.213. The maximum absolute atomic E-state index is 11.6. The van der Waals surface area contributed by atoms with E-state index in [1.54, 1.807) is 14.2 Å². The summed E-state index contributed by atoms with van der Waals surface area (Å²) in [6, 6.07) is 0. The second-order valence-electron chi connectivity index (χ2n) is 5.10. The van der Waals surface area contributed by atoms with Gasteiger partial charge >= 0.3 is 0 Å². The molecule has 22 heavy (non-hydrogen) atoms. The van der Waals surface area contributed by atoms with Crippen LogP contribution in [0.4, 0.5) is 0 Å². The fourth-order valence-corrected chi connectivity index (χ4v) is 1.80. The van der Waals surface area contributed by atoms with Crippen molar-refractivity contribution in [2.24, 2.45) is 0 Å². The molecule has 0 fully saturated rings. The van der Waals surface area contributed by atoms with Gasteiger partial charge in [0.2, 0.25) is 11.8 Å². The van der Waals surface area contributed by atoms with Crippen molar-refractivity contribution in [2.45, 2.75) is 44.6 Å². The standard InChI is InChI=1S/C15H30N2O5/c1-21-10-6-4-8-15(20)17-12-13(22-2)11-16-14(19)7-3-5-9-18/h13,18H,3-12H2,1-2H3,(H,16,19)(H,17,20). The van der Waals surface area contributed by atoms with E-state index in [9.17, 15) is 9.59 Å². The lowest BCUT2D eigenvalue weighted by molar-refractivity contribution is -0.121. The highest BCUT2D eigenvalue weighted by molar-refractivity contribution is 5.76. The fourth-order valence-electron chi connectivity index (χ4n) is 1.80. The van der Waals surface area contributed by atoms with Gasteiger partial charge < -0.3 is 25.2 Å². The normalized spacial score (nSPS) is 12.0. The van der Waals surface area contributed by atoms with E-state index in [0.29, 0.717) is 45.4 Å². The van der Waals surface area contributed by atoms with Crippen LogP contribution in [0, 0.1) is 0 Å². The maximum atomic E-state index is 11.6. The molecule has 7 heteroatoms. The van der Waals surface area contributed by atoms with E-state index in [1.807, 2.05) is 0 Å². The Bertz CT molecular complexity index is 300. The largest absolute Gasteiger partial charge is 0.396 e. The first-order valence-corrected chi connectivity index (χ1v) is 7.80. The predicted molar refractivity (Wildman–Crippen MR) is 83.5 cm³/mol. The first-order chi connectivity index (χ1) is 10.6. The van der Waals surface area contributed by atoms with E-state index in [1.165, 1.54) is 0 Å². The van der Waals surface area contributed by atoms with Gasteiger partial charge in [0.05, 0.1) is 6.10 Å². The van der Waals surface area contributed by atoms with E-state index < -0.39 is 0 Å². The summed E-state index contributed by atoms with van der Waals surface area (Å²) in [5.74, 6) is -0.0891. The highest BCUT2D eigenvalue weighted by atomic mass is 16.5. The minimum atomic E-state index is -0.246. The first kappa shape index (κ1) is 20.8. The highest BCUT2D eigenvalue weighted by Crippen LogP contribution is 1.97. The second-order valence-corrected chi connectivity index (χ2v) is 5.10. The maximum Gasteiger partial charge on any atom is 0.220 e. The van der Waals surface area contributed by atoms with Crippen LogP contribution in [-0.2, 0) is 19.1 Å². The van der Waals surface area contributed by atoms with Gasteiger partial charge in [-0.15, -0.1) is 0 Å². The molecule has 130 valence electrons. The van der Waals surface area contributed by atoms with Crippen molar-refractivity contribution in [1.82, 2.24) is 10.6 Å². The van der Waals surface area contributed by atoms with Gasteiger partial charge in [-0.05, 0) is 25.7 Å². The Balaban J connectivity index is 3.73. The van der Waals surface area contributed by atoms with Crippen LogP contribution in [0.25, 0.3) is 0 Å². The van der Waals surface area contributed by atoms with Gasteiger partial charge in [-0.1, -0.05) is 0 Å². The summed E-state index contributed by atoms with van der Waals surface area (Å²) in [4.78, 5) is 23.2. The van der Waals surface area contributed by atoms with Crippen molar-refractivity contribution >= 4 is 11.8 Å². The first-order valence-electron chi connectivity index (χ1n) is 7.80. The molecule has 0 aromatic heterocycles. The summed E-state index contributed by atoms with van der Waals surface area (Å²) in [6.45, 7) is 1.50. The number of hydrogen-bond donors (Lipinski definition) is 3. The minimum absolute atomic E-state index is 0.0209. The van der Waals surface area contributed by atoms with Crippen LogP contribution >= 0.6 is 0 Å². The van der Waals surface area contributed by atoms with Gasteiger partial charge in [0.1, 0.15) is 0 Å². The molecule has 0 aliphatic rings. The van der Waals surface area contributed by atoms with Crippen molar-refractivity contribution in [3.8, 4) is 0 Å². The Hall–Kier alpha value is -1.18. The van der Waals surface area contributed by atoms with Gasteiger partial charge in [-0.2, -0.15) is 0 Å². The number of aliphatic hydroxyl groups is 1. The molecule has 2 amide bonds. The van der Waals surface area contributed by atoms with Crippen LogP contribution in [0.1, 0.15) is 38.5 Å². The summed E-state index contributed by atoms with van der Waals surface area (Å²) in [5, 5.41) is 14.2. The van der Waals surface area contributed by atoms with E-state index in [0.717, 1.165) is 12.8 Å². The Morgan fingerprint density at radius 3 is 1.95 bits per heavy atom.